The molecule has 0 radical (unpaired) electrons. The van der Waals surface area contributed by atoms with Crippen molar-refractivity contribution < 1.29 is 14.7 Å². The van der Waals surface area contributed by atoms with E-state index in [0.29, 0.717) is 13.0 Å². The highest BCUT2D eigenvalue weighted by Gasteiger charge is 2.40. The topological polar surface area (TPSA) is 111 Å². The molecule has 144 valence electrons. The largest absolute Gasteiger partial charge is 0.465 e. The number of carbonyl (C=O) groups is 2. The van der Waals surface area contributed by atoms with Gasteiger partial charge in [-0.05, 0) is 36.6 Å². The lowest BCUT2D eigenvalue weighted by molar-refractivity contribution is -0.125. The van der Waals surface area contributed by atoms with Crippen molar-refractivity contribution in [1.29, 1.82) is 0 Å². The van der Waals surface area contributed by atoms with Crippen molar-refractivity contribution in [2.45, 2.75) is 31.3 Å². The number of likely N-dealkylation sites (tertiary alicyclic amines) is 1. The molecule has 1 aliphatic heterocycles. The van der Waals surface area contributed by atoms with Gasteiger partial charge in [0.15, 0.2) is 0 Å². The number of aromatic nitrogens is 3. The highest BCUT2D eigenvalue weighted by molar-refractivity contribution is 5.86. The highest BCUT2D eigenvalue weighted by atomic mass is 16.4. The van der Waals surface area contributed by atoms with Crippen LogP contribution in [-0.2, 0) is 4.79 Å². The zero-order valence-corrected chi connectivity index (χ0v) is 15.4. The fraction of sp³-hybridized carbons (Fsp3) is 0.300. The van der Waals surface area contributed by atoms with Gasteiger partial charge in [-0.2, -0.15) is 0 Å². The smallest absolute Gasteiger partial charge is 0.408 e. The predicted molar refractivity (Wildman–Crippen MR) is 103 cm³/mol. The predicted octanol–water partition coefficient (Wildman–Crippen LogP) is 2.67. The van der Waals surface area contributed by atoms with E-state index in [4.69, 9.17) is 0 Å². The normalized spacial score (nSPS) is 20.2. The van der Waals surface area contributed by atoms with Gasteiger partial charge in [0.1, 0.15) is 11.6 Å². The van der Waals surface area contributed by atoms with Crippen LogP contribution in [0.3, 0.4) is 0 Å². The maximum absolute atomic E-state index is 12.9. The van der Waals surface area contributed by atoms with Crippen molar-refractivity contribution in [3.05, 3.63) is 59.7 Å². The van der Waals surface area contributed by atoms with E-state index in [1.165, 1.54) is 4.90 Å². The fourth-order valence-electron chi connectivity index (χ4n) is 3.78. The molecule has 1 unspecified atom stereocenters. The summed E-state index contributed by atoms with van der Waals surface area (Å²) >= 11 is 0. The molecule has 2 heterocycles. The van der Waals surface area contributed by atoms with Crippen molar-refractivity contribution in [2.75, 3.05) is 6.54 Å². The molecule has 8 nitrogen and oxygen atoms in total. The van der Waals surface area contributed by atoms with E-state index in [-0.39, 0.29) is 17.9 Å². The van der Waals surface area contributed by atoms with Crippen LogP contribution in [0.2, 0.25) is 0 Å². The number of aromatic amines is 1. The number of H-pyrrole nitrogens is 1. The average Bonchev–Trinajstić information content (AvgIpc) is 3.35. The zero-order chi connectivity index (χ0) is 19.7. The molecule has 0 spiro atoms. The van der Waals surface area contributed by atoms with E-state index in [1.807, 2.05) is 55.5 Å². The summed E-state index contributed by atoms with van der Waals surface area (Å²) in [6.07, 6.45) is -0.604. The number of fused-ring (bicyclic) bond motifs is 1. The van der Waals surface area contributed by atoms with Crippen LogP contribution in [0, 0.1) is 0 Å². The zero-order valence-electron chi connectivity index (χ0n) is 15.4. The SMILES string of the molecule is CC(NC(=O)[C@@H]1C[C@@H](c2ccccc2)CN1C(=O)O)c1ccc2[nH]nnc2c1. The maximum Gasteiger partial charge on any atom is 0.408 e. The van der Waals surface area contributed by atoms with Crippen LogP contribution in [0.25, 0.3) is 11.0 Å². The van der Waals surface area contributed by atoms with Crippen LogP contribution in [0.5, 0.6) is 0 Å². The Morgan fingerprint density at radius 3 is 2.79 bits per heavy atom. The molecule has 8 heteroatoms. The Balaban J connectivity index is 1.49. The molecule has 2 amide bonds. The first-order valence-corrected chi connectivity index (χ1v) is 9.18. The Labute approximate surface area is 161 Å². The first-order valence-electron chi connectivity index (χ1n) is 9.18. The van der Waals surface area contributed by atoms with Crippen LogP contribution in [0.15, 0.2) is 48.5 Å². The lowest BCUT2D eigenvalue weighted by atomic mass is 9.96. The van der Waals surface area contributed by atoms with Crippen molar-refractivity contribution in [3.8, 4) is 0 Å². The molecule has 1 fully saturated rings. The van der Waals surface area contributed by atoms with Gasteiger partial charge in [-0.25, -0.2) is 4.79 Å². The number of nitrogens with one attached hydrogen (secondary N) is 2. The molecule has 0 bridgehead atoms. The van der Waals surface area contributed by atoms with E-state index in [9.17, 15) is 14.7 Å². The van der Waals surface area contributed by atoms with Gasteiger partial charge in [-0.3, -0.25) is 14.8 Å². The third kappa shape index (κ3) is 3.40. The monoisotopic (exact) mass is 379 g/mol. The van der Waals surface area contributed by atoms with E-state index < -0.39 is 12.1 Å². The van der Waals surface area contributed by atoms with Crippen molar-refractivity contribution in [1.82, 2.24) is 25.6 Å². The van der Waals surface area contributed by atoms with Gasteiger partial charge in [-0.15, -0.1) is 5.10 Å². The number of carboxylic acid groups (broad SMARTS) is 1. The number of nitrogens with zero attached hydrogens (tertiary/aromatic N) is 3. The van der Waals surface area contributed by atoms with Crippen molar-refractivity contribution >= 4 is 23.0 Å². The van der Waals surface area contributed by atoms with E-state index >= 15 is 0 Å². The summed E-state index contributed by atoms with van der Waals surface area (Å²) in [4.78, 5) is 25.8. The standard InChI is InChI=1S/C20H21N5O3/c1-12(14-7-8-16-17(9-14)23-24-22-16)21-19(26)18-10-15(11-25(18)20(27)28)13-5-3-2-4-6-13/h2-9,12,15,18H,10-11H2,1H3,(H,21,26)(H,27,28)(H,22,23,24)/t12?,15-,18+/m1/s1. The van der Waals surface area contributed by atoms with Crippen LogP contribution < -0.4 is 5.32 Å². The summed E-state index contributed by atoms with van der Waals surface area (Å²) < 4.78 is 0. The number of carbonyl (C=O) groups excluding carboxylic acids is 1. The van der Waals surface area contributed by atoms with E-state index in [2.05, 4.69) is 20.7 Å². The van der Waals surface area contributed by atoms with Crippen molar-refractivity contribution in [2.24, 2.45) is 0 Å². The maximum atomic E-state index is 12.9. The molecular weight excluding hydrogens is 358 g/mol. The Bertz CT molecular complexity index is 1000. The van der Waals surface area contributed by atoms with E-state index in [1.54, 1.807) is 0 Å². The van der Waals surface area contributed by atoms with Gasteiger partial charge in [0.25, 0.3) is 0 Å². The van der Waals surface area contributed by atoms with Crippen LogP contribution in [-0.4, -0.2) is 50.0 Å². The number of hydrogen-bond acceptors (Lipinski definition) is 4. The molecule has 28 heavy (non-hydrogen) atoms. The molecule has 4 rings (SSSR count). The lowest BCUT2D eigenvalue weighted by Crippen LogP contribution is -2.46. The number of amides is 2. The molecule has 1 aliphatic rings. The summed E-state index contributed by atoms with van der Waals surface area (Å²) in [5, 5.41) is 23.1. The summed E-state index contributed by atoms with van der Waals surface area (Å²) in [7, 11) is 0. The van der Waals surface area contributed by atoms with Crippen LogP contribution in [0.1, 0.15) is 36.4 Å². The second-order valence-corrected chi connectivity index (χ2v) is 7.11. The fourth-order valence-corrected chi connectivity index (χ4v) is 3.78. The summed E-state index contributed by atoms with van der Waals surface area (Å²) in [6, 6.07) is 14.3. The Morgan fingerprint density at radius 1 is 1.25 bits per heavy atom. The van der Waals surface area contributed by atoms with Crippen LogP contribution >= 0.6 is 0 Å². The Kier molecular flexibility index (Phi) is 4.68. The highest BCUT2D eigenvalue weighted by Crippen LogP contribution is 2.32. The molecule has 1 saturated heterocycles. The third-order valence-electron chi connectivity index (χ3n) is 5.33. The van der Waals surface area contributed by atoms with Crippen LogP contribution in [0.4, 0.5) is 4.79 Å². The summed E-state index contributed by atoms with van der Waals surface area (Å²) in [6.45, 7) is 2.19. The van der Waals surface area contributed by atoms with E-state index in [0.717, 1.165) is 22.2 Å². The number of rotatable bonds is 4. The first kappa shape index (κ1) is 18.0. The average molecular weight is 379 g/mol. The molecule has 2 aromatic carbocycles. The Hall–Kier alpha value is -3.42. The quantitative estimate of drug-likeness (QED) is 0.645. The van der Waals surface area contributed by atoms with Gasteiger partial charge in [0.2, 0.25) is 5.91 Å². The Morgan fingerprint density at radius 2 is 2.04 bits per heavy atom. The number of hydrogen-bond donors (Lipinski definition) is 3. The van der Waals surface area contributed by atoms with Gasteiger partial charge in [-0.1, -0.05) is 41.6 Å². The van der Waals surface area contributed by atoms with Crippen molar-refractivity contribution in [3.63, 3.8) is 0 Å². The molecule has 3 N–H and O–H groups in total. The van der Waals surface area contributed by atoms with Gasteiger partial charge in [0.05, 0.1) is 11.6 Å². The first-order chi connectivity index (χ1) is 13.5. The minimum Gasteiger partial charge on any atom is -0.465 e. The van der Waals surface area contributed by atoms with Gasteiger partial charge < -0.3 is 10.4 Å². The van der Waals surface area contributed by atoms with Gasteiger partial charge in [0, 0.05) is 12.5 Å². The minimum atomic E-state index is -1.07. The molecular formula is C20H21N5O3. The molecule has 3 aromatic rings. The molecule has 0 saturated carbocycles. The third-order valence-corrected chi connectivity index (χ3v) is 5.33. The minimum absolute atomic E-state index is 0.00911. The second kappa shape index (κ2) is 7.30. The molecule has 1 aromatic heterocycles. The lowest BCUT2D eigenvalue weighted by Gasteiger charge is -2.23. The summed E-state index contributed by atoms with van der Waals surface area (Å²) in [5.41, 5.74) is 3.47. The molecule has 3 atom stereocenters. The van der Waals surface area contributed by atoms with Gasteiger partial charge >= 0.3 is 6.09 Å². The molecule has 0 aliphatic carbocycles. The second-order valence-electron chi connectivity index (χ2n) is 7.11. The summed E-state index contributed by atoms with van der Waals surface area (Å²) in [5.74, 6) is -0.275. The number of benzene rings is 2.